The van der Waals surface area contributed by atoms with Crippen LogP contribution in [0.2, 0.25) is 0 Å². The first kappa shape index (κ1) is 17.7. The summed E-state index contributed by atoms with van der Waals surface area (Å²) in [6.07, 6.45) is 5.18. The van der Waals surface area contributed by atoms with E-state index in [0.717, 1.165) is 29.8 Å². The van der Waals surface area contributed by atoms with Crippen molar-refractivity contribution in [2.45, 2.75) is 19.8 Å². The molecule has 0 bridgehead atoms. The molecule has 0 unspecified atom stereocenters. The molecule has 134 valence electrons. The Labute approximate surface area is 153 Å². The van der Waals surface area contributed by atoms with E-state index in [1.807, 2.05) is 31.2 Å². The van der Waals surface area contributed by atoms with E-state index < -0.39 is 0 Å². The molecule has 0 atom stereocenters. The molecule has 3 rings (SSSR count). The third-order valence-electron chi connectivity index (χ3n) is 3.99. The van der Waals surface area contributed by atoms with Gasteiger partial charge in [0, 0.05) is 23.4 Å². The predicted molar refractivity (Wildman–Crippen MR) is 103 cm³/mol. The maximum atomic E-state index is 12.0. The third-order valence-corrected chi connectivity index (χ3v) is 3.99. The fraction of sp³-hybridized carbons (Fsp3) is 0.238. The van der Waals surface area contributed by atoms with Crippen LogP contribution in [0.25, 0.3) is 6.08 Å². The lowest BCUT2D eigenvalue weighted by atomic mass is 10.2. The van der Waals surface area contributed by atoms with Gasteiger partial charge in [0.15, 0.2) is 0 Å². The van der Waals surface area contributed by atoms with Gasteiger partial charge in [0.05, 0.1) is 6.61 Å². The maximum absolute atomic E-state index is 12.0. The zero-order valence-corrected chi connectivity index (χ0v) is 14.7. The predicted octanol–water partition coefficient (Wildman–Crippen LogP) is 4.09. The molecule has 1 saturated carbocycles. The van der Waals surface area contributed by atoms with Crippen molar-refractivity contribution in [2.24, 2.45) is 5.92 Å². The molecule has 1 aliphatic rings. The highest BCUT2D eigenvalue weighted by atomic mass is 16.5. The van der Waals surface area contributed by atoms with Crippen molar-refractivity contribution >= 4 is 29.3 Å². The van der Waals surface area contributed by atoms with Crippen molar-refractivity contribution in [2.75, 3.05) is 17.2 Å². The van der Waals surface area contributed by atoms with Gasteiger partial charge in [-0.3, -0.25) is 9.59 Å². The summed E-state index contributed by atoms with van der Waals surface area (Å²) < 4.78 is 5.39. The Bertz CT molecular complexity index is 791. The second kappa shape index (κ2) is 8.34. The van der Waals surface area contributed by atoms with Crippen LogP contribution in [0, 0.1) is 5.92 Å². The van der Waals surface area contributed by atoms with Gasteiger partial charge in [-0.25, -0.2) is 0 Å². The van der Waals surface area contributed by atoms with Gasteiger partial charge in [0.2, 0.25) is 11.8 Å². The van der Waals surface area contributed by atoms with Crippen LogP contribution in [0.5, 0.6) is 5.75 Å². The second-order valence-electron chi connectivity index (χ2n) is 6.17. The van der Waals surface area contributed by atoms with Gasteiger partial charge in [-0.2, -0.15) is 0 Å². The van der Waals surface area contributed by atoms with Crippen LogP contribution < -0.4 is 15.4 Å². The summed E-state index contributed by atoms with van der Waals surface area (Å²) in [5, 5.41) is 5.67. The molecule has 2 aromatic rings. The summed E-state index contributed by atoms with van der Waals surface area (Å²) in [5.41, 5.74) is 2.34. The van der Waals surface area contributed by atoms with E-state index >= 15 is 0 Å². The monoisotopic (exact) mass is 350 g/mol. The van der Waals surface area contributed by atoms with E-state index in [1.165, 1.54) is 6.08 Å². The molecule has 0 heterocycles. The summed E-state index contributed by atoms with van der Waals surface area (Å²) in [4.78, 5) is 23.7. The summed E-state index contributed by atoms with van der Waals surface area (Å²) in [6.45, 7) is 2.56. The van der Waals surface area contributed by atoms with Gasteiger partial charge in [-0.05, 0) is 67.8 Å². The Morgan fingerprint density at radius 1 is 1.00 bits per heavy atom. The lowest BCUT2D eigenvalue weighted by Gasteiger charge is -2.06. The van der Waals surface area contributed by atoms with Gasteiger partial charge >= 0.3 is 0 Å². The third kappa shape index (κ3) is 5.21. The van der Waals surface area contributed by atoms with Crippen molar-refractivity contribution in [1.82, 2.24) is 0 Å². The van der Waals surface area contributed by atoms with Crippen molar-refractivity contribution in [3.63, 3.8) is 0 Å². The second-order valence-corrected chi connectivity index (χ2v) is 6.17. The van der Waals surface area contributed by atoms with Crippen LogP contribution in [-0.4, -0.2) is 18.4 Å². The van der Waals surface area contributed by atoms with E-state index in [0.29, 0.717) is 12.3 Å². The van der Waals surface area contributed by atoms with E-state index in [1.54, 1.807) is 30.3 Å². The average molecular weight is 350 g/mol. The number of hydrogen-bond donors (Lipinski definition) is 2. The number of ether oxygens (including phenoxy) is 1. The largest absolute Gasteiger partial charge is 0.494 e. The van der Waals surface area contributed by atoms with Crippen molar-refractivity contribution in [1.29, 1.82) is 0 Å². The van der Waals surface area contributed by atoms with E-state index in [9.17, 15) is 9.59 Å². The highest BCUT2D eigenvalue weighted by molar-refractivity contribution is 6.02. The van der Waals surface area contributed by atoms with Gasteiger partial charge < -0.3 is 15.4 Å². The molecule has 1 fully saturated rings. The minimum absolute atomic E-state index is 0.0695. The molecule has 26 heavy (non-hydrogen) atoms. The van der Waals surface area contributed by atoms with Crippen LogP contribution in [0.3, 0.4) is 0 Å². The van der Waals surface area contributed by atoms with Gasteiger partial charge in [0.25, 0.3) is 0 Å². The number of hydrogen-bond acceptors (Lipinski definition) is 3. The van der Waals surface area contributed by atoms with Crippen LogP contribution in [0.15, 0.2) is 54.6 Å². The fourth-order valence-electron chi connectivity index (χ4n) is 2.42. The minimum Gasteiger partial charge on any atom is -0.494 e. The Kier molecular flexibility index (Phi) is 5.69. The average Bonchev–Trinajstić information content (AvgIpc) is 3.48. The molecule has 0 aliphatic heterocycles. The summed E-state index contributed by atoms with van der Waals surface area (Å²) >= 11 is 0. The number of amides is 2. The van der Waals surface area contributed by atoms with Crippen LogP contribution in [0.1, 0.15) is 25.3 Å². The van der Waals surface area contributed by atoms with Crippen molar-refractivity contribution in [3.05, 3.63) is 60.2 Å². The molecule has 2 amide bonds. The van der Waals surface area contributed by atoms with Gasteiger partial charge in [0.1, 0.15) is 5.75 Å². The highest BCUT2D eigenvalue weighted by Crippen LogP contribution is 2.30. The van der Waals surface area contributed by atoms with Crippen LogP contribution in [-0.2, 0) is 9.59 Å². The topological polar surface area (TPSA) is 67.4 Å². The van der Waals surface area contributed by atoms with E-state index in [4.69, 9.17) is 4.74 Å². The SMILES string of the molecule is CCOc1ccc(/C=C/C(=O)Nc2ccc(NC(=O)C3CC3)cc2)cc1. The first-order chi connectivity index (χ1) is 12.6. The van der Waals surface area contributed by atoms with Crippen LogP contribution in [0.4, 0.5) is 11.4 Å². The molecule has 0 radical (unpaired) electrons. The molecule has 2 aromatic carbocycles. The zero-order valence-electron chi connectivity index (χ0n) is 14.7. The molecule has 5 nitrogen and oxygen atoms in total. The molecule has 0 saturated heterocycles. The smallest absolute Gasteiger partial charge is 0.248 e. The highest BCUT2D eigenvalue weighted by Gasteiger charge is 2.29. The Morgan fingerprint density at radius 3 is 2.19 bits per heavy atom. The van der Waals surface area contributed by atoms with Crippen molar-refractivity contribution in [3.8, 4) is 5.75 Å². The zero-order chi connectivity index (χ0) is 18.4. The Balaban J connectivity index is 1.51. The molecule has 2 N–H and O–H groups in total. The van der Waals surface area contributed by atoms with E-state index in [-0.39, 0.29) is 17.7 Å². The van der Waals surface area contributed by atoms with Gasteiger partial charge in [-0.15, -0.1) is 0 Å². The molecular formula is C21H22N2O3. The first-order valence-electron chi connectivity index (χ1n) is 8.77. The number of rotatable bonds is 7. The standard InChI is InChI=1S/C21H22N2O3/c1-2-26-19-12-3-15(4-13-19)5-14-20(24)22-17-8-10-18(11-9-17)23-21(25)16-6-7-16/h3-5,8-14,16H,2,6-7H2,1H3,(H,22,24)(H,23,25)/b14-5+. The number of carbonyl (C=O) groups excluding carboxylic acids is 2. The summed E-state index contributed by atoms with van der Waals surface area (Å²) in [5.74, 6) is 0.832. The molecular weight excluding hydrogens is 328 g/mol. The summed E-state index contributed by atoms with van der Waals surface area (Å²) in [6, 6.07) is 14.6. The van der Waals surface area contributed by atoms with E-state index in [2.05, 4.69) is 10.6 Å². The van der Waals surface area contributed by atoms with Crippen molar-refractivity contribution < 1.29 is 14.3 Å². The quantitative estimate of drug-likeness (QED) is 0.739. The minimum atomic E-state index is -0.214. The lowest BCUT2D eigenvalue weighted by Crippen LogP contribution is -2.13. The lowest BCUT2D eigenvalue weighted by molar-refractivity contribution is -0.117. The first-order valence-corrected chi connectivity index (χ1v) is 8.77. The molecule has 1 aliphatic carbocycles. The van der Waals surface area contributed by atoms with Crippen LogP contribution >= 0.6 is 0 Å². The normalized spacial score (nSPS) is 13.4. The Hall–Kier alpha value is -3.08. The number of carbonyl (C=O) groups is 2. The van der Waals surface area contributed by atoms with Gasteiger partial charge in [-0.1, -0.05) is 12.1 Å². The molecule has 5 heteroatoms. The molecule has 0 aromatic heterocycles. The summed E-state index contributed by atoms with van der Waals surface area (Å²) in [7, 11) is 0. The maximum Gasteiger partial charge on any atom is 0.248 e. The fourth-order valence-corrected chi connectivity index (χ4v) is 2.42. The number of nitrogens with one attached hydrogen (secondary N) is 2. The number of anilines is 2. The number of benzene rings is 2. The Morgan fingerprint density at radius 2 is 1.62 bits per heavy atom. The molecule has 0 spiro atoms.